The Morgan fingerprint density at radius 2 is 2.40 bits per heavy atom. The predicted octanol–water partition coefficient (Wildman–Crippen LogP) is 1.69. The van der Waals surface area contributed by atoms with Gasteiger partial charge in [0, 0.05) is 37.3 Å². The van der Waals surface area contributed by atoms with Crippen molar-refractivity contribution in [3.63, 3.8) is 0 Å². The summed E-state index contributed by atoms with van der Waals surface area (Å²) in [6.45, 7) is 0.561. The average molecular weight is 292 g/mol. The molecule has 0 bridgehead atoms. The highest BCUT2D eigenvalue weighted by atomic mass is 32.1. The molecule has 0 aliphatic carbocycles. The van der Waals surface area contributed by atoms with E-state index in [-0.39, 0.29) is 5.82 Å². The highest BCUT2D eigenvalue weighted by Gasteiger charge is 2.23. The monoisotopic (exact) mass is 292 g/mol. The number of thiazole rings is 1. The van der Waals surface area contributed by atoms with E-state index < -0.39 is 4.92 Å². The first-order valence-electron chi connectivity index (χ1n) is 5.96. The number of nitrogens with zero attached hydrogens (tertiary/aromatic N) is 5. The number of aryl methyl sites for hydroxylation is 1. The van der Waals surface area contributed by atoms with Gasteiger partial charge in [0.15, 0.2) is 0 Å². The maximum absolute atomic E-state index is 11.1. The van der Waals surface area contributed by atoms with E-state index in [1.54, 1.807) is 24.1 Å². The van der Waals surface area contributed by atoms with E-state index in [1.165, 1.54) is 15.7 Å². The number of fused-ring (bicyclic) bond motifs is 1. The molecule has 0 atom stereocenters. The maximum atomic E-state index is 11.1. The van der Waals surface area contributed by atoms with Crippen molar-refractivity contribution < 1.29 is 4.92 Å². The molecule has 9 heteroatoms. The minimum absolute atomic E-state index is 0.0220. The second kappa shape index (κ2) is 4.93. The van der Waals surface area contributed by atoms with Gasteiger partial charge < -0.3 is 20.0 Å². The smallest absolute Gasteiger partial charge is 0.363 e. The Kier molecular flexibility index (Phi) is 3.11. The van der Waals surface area contributed by atoms with Gasteiger partial charge in [-0.3, -0.25) is 0 Å². The zero-order valence-electron chi connectivity index (χ0n) is 10.7. The minimum atomic E-state index is -0.418. The number of aromatic nitrogens is 4. The highest BCUT2D eigenvalue weighted by Crippen LogP contribution is 2.27. The van der Waals surface area contributed by atoms with E-state index in [4.69, 9.17) is 0 Å². The molecule has 0 fully saturated rings. The van der Waals surface area contributed by atoms with Gasteiger partial charge in [-0.05, 0) is 4.92 Å². The molecule has 3 rings (SSSR count). The molecule has 0 saturated heterocycles. The summed E-state index contributed by atoms with van der Waals surface area (Å²) in [4.78, 5) is 19.6. The van der Waals surface area contributed by atoms with Crippen LogP contribution in [0, 0.1) is 10.1 Å². The molecule has 1 N–H and O–H groups in total. The molecule has 0 unspecified atom stereocenters. The predicted molar refractivity (Wildman–Crippen MR) is 75.1 cm³/mol. The van der Waals surface area contributed by atoms with Gasteiger partial charge in [-0.1, -0.05) is 11.3 Å². The van der Waals surface area contributed by atoms with E-state index >= 15 is 0 Å². The number of nitrogens with one attached hydrogen (secondary N) is 1. The summed E-state index contributed by atoms with van der Waals surface area (Å²) in [6.07, 6.45) is 5.88. The number of imidazole rings is 2. The summed E-state index contributed by atoms with van der Waals surface area (Å²) in [5.41, 5.74) is 1.06. The summed E-state index contributed by atoms with van der Waals surface area (Å²) >= 11 is 1.37. The van der Waals surface area contributed by atoms with Crippen molar-refractivity contribution in [1.82, 2.24) is 18.9 Å². The Morgan fingerprint density at radius 1 is 1.55 bits per heavy atom. The van der Waals surface area contributed by atoms with Crippen LogP contribution in [0.5, 0.6) is 0 Å². The molecule has 0 aromatic carbocycles. The molecule has 0 amide bonds. The van der Waals surface area contributed by atoms with Crippen LogP contribution in [-0.4, -0.2) is 30.4 Å². The quantitative estimate of drug-likeness (QED) is 0.571. The van der Waals surface area contributed by atoms with Crippen molar-refractivity contribution in [1.29, 1.82) is 0 Å². The molecule has 0 saturated carbocycles. The first kappa shape index (κ1) is 12.6. The van der Waals surface area contributed by atoms with Crippen molar-refractivity contribution in [2.24, 2.45) is 7.05 Å². The summed E-state index contributed by atoms with van der Waals surface area (Å²) in [5, 5.41) is 15.9. The molecule has 3 heterocycles. The summed E-state index contributed by atoms with van der Waals surface area (Å²) in [5.74, 6) is 0.287. The number of rotatable bonds is 5. The van der Waals surface area contributed by atoms with Crippen molar-refractivity contribution in [2.45, 2.75) is 6.42 Å². The van der Waals surface area contributed by atoms with E-state index in [2.05, 4.69) is 15.3 Å². The second-order valence-corrected chi connectivity index (χ2v) is 5.14. The van der Waals surface area contributed by atoms with E-state index in [1.807, 2.05) is 11.6 Å². The fourth-order valence-electron chi connectivity index (χ4n) is 2.00. The van der Waals surface area contributed by atoms with Gasteiger partial charge in [0.2, 0.25) is 5.82 Å². The summed E-state index contributed by atoms with van der Waals surface area (Å²) < 4.78 is 3.40. The molecule has 104 valence electrons. The highest BCUT2D eigenvalue weighted by molar-refractivity contribution is 7.15. The molecule has 0 aliphatic rings. The number of nitro groups is 1. The molecule has 3 aromatic heterocycles. The SMILES string of the molecule is Cn1cncc1CCNc1nc2sccn2c1[N+](=O)[O-]. The van der Waals surface area contributed by atoms with E-state index in [9.17, 15) is 10.1 Å². The van der Waals surface area contributed by atoms with Crippen LogP contribution in [0.15, 0.2) is 24.1 Å². The lowest BCUT2D eigenvalue weighted by molar-refractivity contribution is -0.389. The van der Waals surface area contributed by atoms with Gasteiger partial charge in [-0.2, -0.15) is 9.38 Å². The third-order valence-corrected chi connectivity index (χ3v) is 3.76. The zero-order valence-corrected chi connectivity index (χ0v) is 11.5. The fourth-order valence-corrected chi connectivity index (χ4v) is 2.71. The van der Waals surface area contributed by atoms with Crippen LogP contribution in [0.4, 0.5) is 11.6 Å². The lowest BCUT2D eigenvalue weighted by atomic mass is 10.3. The van der Waals surface area contributed by atoms with Gasteiger partial charge in [0.25, 0.3) is 4.96 Å². The topological polar surface area (TPSA) is 90.3 Å². The van der Waals surface area contributed by atoms with Crippen LogP contribution in [0.2, 0.25) is 0 Å². The average Bonchev–Trinajstić information content (AvgIpc) is 3.05. The minimum Gasteiger partial charge on any atom is -0.363 e. The standard InChI is InChI=1S/C11H12N6O2S/c1-15-7-12-6-8(15)2-3-13-9-10(17(18)19)16-4-5-20-11(16)14-9/h4-7,13H,2-3H2,1H3. The van der Waals surface area contributed by atoms with Crippen molar-refractivity contribution in [2.75, 3.05) is 11.9 Å². The van der Waals surface area contributed by atoms with Crippen molar-refractivity contribution >= 4 is 27.9 Å². The molecule has 0 radical (unpaired) electrons. The van der Waals surface area contributed by atoms with Gasteiger partial charge >= 0.3 is 5.82 Å². The zero-order chi connectivity index (χ0) is 14.1. The van der Waals surface area contributed by atoms with Crippen LogP contribution in [0.1, 0.15) is 5.69 Å². The first-order valence-corrected chi connectivity index (χ1v) is 6.84. The van der Waals surface area contributed by atoms with Gasteiger partial charge in [0.05, 0.1) is 6.33 Å². The normalized spacial score (nSPS) is 11.1. The molecule has 20 heavy (non-hydrogen) atoms. The van der Waals surface area contributed by atoms with Gasteiger partial charge in [-0.25, -0.2) is 4.98 Å². The molecule has 0 aliphatic heterocycles. The molecule has 0 spiro atoms. The van der Waals surface area contributed by atoms with Crippen molar-refractivity contribution in [3.8, 4) is 0 Å². The van der Waals surface area contributed by atoms with Gasteiger partial charge in [-0.15, -0.1) is 0 Å². The second-order valence-electron chi connectivity index (χ2n) is 4.27. The van der Waals surface area contributed by atoms with Crippen LogP contribution < -0.4 is 5.32 Å². The number of hydrogen-bond donors (Lipinski definition) is 1. The lowest BCUT2D eigenvalue weighted by Gasteiger charge is -2.04. The number of anilines is 1. The number of hydrogen-bond acceptors (Lipinski definition) is 6. The summed E-state index contributed by atoms with van der Waals surface area (Å²) in [6, 6.07) is 0. The third kappa shape index (κ3) is 2.11. The summed E-state index contributed by atoms with van der Waals surface area (Å²) in [7, 11) is 1.91. The Morgan fingerprint density at radius 3 is 3.10 bits per heavy atom. The first-order chi connectivity index (χ1) is 9.66. The molecular formula is C11H12N6O2S. The maximum Gasteiger partial charge on any atom is 0.372 e. The van der Waals surface area contributed by atoms with Crippen LogP contribution in [0.3, 0.4) is 0 Å². The van der Waals surface area contributed by atoms with Crippen molar-refractivity contribution in [3.05, 3.63) is 39.9 Å². The van der Waals surface area contributed by atoms with Crippen LogP contribution in [0.25, 0.3) is 4.96 Å². The Bertz CT molecular complexity index is 758. The van der Waals surface area contributed by atoms with Crippen LogP contribution >= 0.6 is 11.3 Å². The largest absolute Gasteiger partial charge is 0.372 e. The van der Waals surface area contributed by atoms with Gasteiger partial charge in [0.1, 0.15) is 6.20 Å². The molecular weight excluding hydrogens is 280 g/mol. The van der Waals surface area contributed by atoms with E-state index in [0.29, 0.717) is 17.3 Å². The van der Waals surface area contributed by atoms with Crippen LogP contribution in [-0.2, 0) is 13.5 Å². The fraction of sp³-hybridized carbons (Fsp3) is 0.273. The molecule has 8 nitrogen and oxygen atoms in total. The lowest BCUT2D eigenvalue weighted by Crippen LogP contribution is -2.09. The third-order valence-electron chi connectivity index (χ3n) is 3.00. The Balaban J connectivity index is 1.77. The Labute approximate surface area is 117 Å². The Hall–Kier alpha value is -2.42. The van der Waals surface area contributed by atoms with E-state index in [0.717, 1.165) is 12.1 Å². The molecule has 3 aromatic rings.